The molecule has 0 aliphatic carbocycles. The Morgan fingerprint density at radius 2 is 1.62 bits per heavy atom. The Morgan fingerprint density at radius 3 is 1.75 bits per heavy atom. The highest BCUT2D eigenvalue weighted by atomic mass is 28.2. The molecule has 0 aromatic rings. The van der Waals surface area contributed by atoms with E-state index in [9.17, 15) is 0 Å². The van der Waals surface area contributed by atoms with Crippen LogP contribution in [0.1, 0.15) is 20.8 Å². The van der Waals surface area contributed by atoms with Crippen molar-refractivity contribution in [2.75, 3.05) is 13.1 Å². The largest absolute Gasteiger partial charge is 0.330 e. The van der Waals surface area contributed by atoms with Crippen LogP contribution in [0.2, 0.25) is 6.04 Å². The summed E-state index contributed by atoms with van der Waals surface area (Å²) < 4.78 is 2.57. The Hall–Kier alpha value is 0.177. The zero-order valence-electron chi connectivity index (χ0n) is 6.28. The summed E-state index contributed by atoms with van der Waals surface area (Å²) in [6.07, 6.45) is 0. The van der Waals surface area contributed by atoms with Crippen LogP contribution in [-0.2, 0) is 0 Å². The van der Waals surface area contributed by atoms with Crippen LogP contribution in [0.3, 0.4) is 0 Å². The Morgan fingerprint density at radius 1 is 1.12 bits per heavy atom. The monoisotopic (exact) mass is 131 g/mol. The van der Waals surface area contributed by atoms with Gasteiger partial charge in [-0.3, -0.25) is 0 Å². The predicted molar refractivity (Wildman–Crippen MR) is 41.9 cm³/mol. The third-order valence-corrected chi connectivity index (χ3v) is 3.41. The van der Waals surface area contributed by atoms with Crippen molar-refractivity contribution in [3.63, 3.8) is 0 Å². The van der Waals surface area contributed by atoms with Gasteiger partial charge in [0.15, 0.2) is 0 Å². The summed E-state index contributed by atoms with van der Waals surface area (Å²) in [6.45, 7) is 9.29. The van der Waals surface area contributed by atoms with E-state index >= 15 is 0 Å². The van der Waals surface area contributed by atoms with E-state index in [0.29, 0.717) is 0 Å². The van der Waals surface area contributed by atoms with Crippen molar-refractivity contribution in [3.8, 4) is 0 Å². The lowest BCUT2D eigenvalue weighted by Gasteiger charge is -2.15. The third-order valence-electron chi connectivity index (χ3n) is 1.43. The van der Waals surface area contributed by atoms with Gasteiger partial charge in [0.05, 0.1) is 9.68 Å². The highest BCUT2D eigenvalue weighted by Crippen LogP contribution is 1.85. The lowest BCUT2D eigenvalue weighted by Crippen LogP contribution is -2.26. The normalized spacial score (nSPS) is 12.0. The molecule has 2 heteroatoms. The number of hydrogen-bond donors (Lipinski definition) is 0. The minimum absolute atomic E-state index is 0.169. The quantitative estimate of drug-likeness (QED) is 0.511. The average molecular weight is 131 g/mol. The van der Waals surface area contributed by atoms with Gasteiger partial charge < -0.3 is 4.57 Å². The molecular formula is C6H17NSi. The van der Waals surface area contributed by atoms with Gasteiger partial charge in [-0.05, 0) is 13.1 Å². The van der Waals surface area contributed by atoms with Crippen molar-refractivity contribution in [1.82, 2.24) is 4.57 Å². The molecule has 8 heavy (non-hydrogen) atoms. The topological polar surface area (TPSA) is 3.24 Å². The zero-order valence-corrected chi connectivity index (χ0v) is 7.69. The van der Waals surface area contributed by atoms with Gasteiger partial charge in [-0.1, -0.05) is 26.8 Å². The highest BCUT2D eigenvalue weighted by Gasteiger charge is 1.93. The molecule has 0 aromatic carbocycles. The van der Waals surface area contributed by atoms with Crippen molar-refractivity contribution in [2.45, 2.75) is 26.8 Å². The lowest BCUT2D eigenvalue weighted by atomic mass is 10.7. The summed E-state index contributed by atoms with van der Waals surface area (Å²) in [6, 6.07) is 1.42. The first-order valence-corrected chi connectivity index (χ1v) is 5.20. The van der Waals surface area contributed by atoms with E-state index in [4.69, 9.17) is 0 Å². The number of nitrogens with zero attached hydrogens (tertiary/aromatic N) is 1. The SMILES string of the molecule is CC[SiH2]N(CC)CC. The average Bonchev–Trinajstić information content (AvgIpc) is 1.83. The molecule has 0 bridgehead atoms. The minimum atomic E-state index is 0.169. The zero-order chi connectivity index (χ0) is 6.41. The van der Waals surface area contributed by atoms with Crippen LogP contribution in [0.15, 0.2) is 0 Å². The van der Waals surface area contributed by atoms with Crippen LogP contribution < -0.4 is 0 Å². The molecule has 0 heterocycles. The molecule has 0 saturated carbocycles. The van der Waals surface area contributed by atoms with E-state index in [1.807, 2.05) is 0 Å². The van der Waals surface area contributed by atoms with Gasteiger partial charge >= 0.3 is 0 Å². The van der Waals surface area contributed by atoms with Gasteiger partial charge in [0, 0.05) is 0 Å². The van der Waals surface area contributed by atoms with Gasteiger partial charge in [0.2, 0.25) is 0 Å². The molecule has 0 radical (unpaired) electrons. The van der Waals surface area contributed by atoms with Gasteiger partial charge in [0.25, 0.3) is 0 Å². The smallest absolute Gasteiger partial charge is 0.0947 e. The van der Waals surface area contributed by atoms with E-state index in [1.165, 1.54) is 19.1 Å². The second-order valence-corrected chi connectivity index (χ2v) is 4.37. The second kappa shape index (κ2) is 5.32. The minimum Gasteiger partial charge on any atom is -0.330 e. The molecule has 0 saturated heterocycles. The molecule has 0 aromatic heterocycles. The first kappa shape index (κ1) is 8.18. The molecule has 0 aliphatic heterocycles. The Kier molecular flexibility index (Phi) is 5.43. The Labute approximate surface area is 55.0 Å². The standard InChI is InChI=1S/C6H17NSi/c1-4-7(5-2)8-6-3/h4-6,8H2,1-3H3. The van der Waals surface area contributed by atoms with Gasteiger partial charge in [0.1, 0.15) is 0 Å². The van der Waals surface area contributed by atoms with Crippen LogP contribution in [-0.4, -0.2) is 27.3 Å². The van der Waals surface area contributed by atoms with E-state index in [0.717, 1.165) is 0 Å². The summed E-state index contributed by atoms with van der Waals surface area (Å²) in [5.74, 6) is 0. The van der Waals surface area contributed by atoms with Crippen molar-refractivity contribution >= 4 is 9.68 Å². The molecule has 0 rings (SSSR count). The number of rotatable bonds is 4. The molecule has 50 valence electrons. The molecular weight excluding hydrogens is 114 g/mol. The molecule has 0 unspecified atom stereocenters. The Bertz CT molecular complexity index is 43.8. The second-order valence-electron chi connectivity index (χ2n) is 2.03. The fourth-order valence-corrected chi connectivity index (χ4v) is 2.12. The predicted octanol–water partition coefficient (Wildman–Crippen LogP) is 0.850. The van der Waals surface area contributed by atoms with E-state index in [2.05, 4.69) is 25.3 Å². The first-order chi connectivity index (χ1) is 3.85. The van der Waals surface area contributed by atoms with Gasteiger partial charge in [-0.2, -0.15) is 0 Å². The van der Waals surface area contributed by atoms with Crippen molar-refractivity contribution in [3.05, 3.63) is 0 Å². The molecule has 1 nitrogen and oxygen atoms in total. The third kappa shape index (κ3) is 3.21. The summed E-state index contributed by atoms with van der Waals surface area (Å²) in [7, 11) is 0.169. The fraction of sp³-hybridized carbons (Fsp3) is 1.00. The maximum absolute atomic E-state index is 2.57. The van der Waals surface area contributed by atoms with Crippen LogP contribution in [0.4, 0.5) is 0 Å². The van der Waals surface area contributed by atoms with Gasteiger partial charge in [-0.25, -0.2) is 0 Å². The molecule has 0 atom stereocenters. The molecule has 0 N–H and O–H groups in total. The van der Waals surface area contributed by atoms with Crippen LogP contribution in [0.5, 0.6) is 0 Å². The van der Waals surface area contributed by atoms with Crippen molar-refractivity contribution in [2.24, 2.45) is 0 Å². The summed E-state index contributed by atoms with van der Waals surface area (Å²) >= 11 is 0. The van der Waals surface area contributed by atoms with Crippen molar-refractivity contribution in [1.29, 1.82) is 0 Å². The molecule has 0 spiro atoms. The van der Waals surface area contributed by atoms with E-state index < -0.39 is 0 Å². The summed E-state index contributed by atoms with van der Waals surface area (Å²) in [5.41, 5.74) is 0. The van der Waals surface area contributed by atoms with Crippen LogP contribution >= 0.6 is 0 Å². The first-order valence-electron chi connectivity index (χ1n) is 3.57. The molecule has 0 aliphatic rings. The van der Waals surface area contributed by atoms with Crippen LogP contribution in [0, 0.1) is 0 Å². The molecule has 0 fully saturated rings. The summed E-state index contributed by atoms with van der Waals surface area (Å²) in [5, 5.41) is 0. The maximum Gasteiger partial charge on any atom is 0.0947 e. The lowest BCUT2D eigenvalue weighted by molar-refractivity contribution is 0.492. The fourth-order valence-electron chi connectivity index (χ4n) is 0.856. The van der Waals surface area contributed by atoms with E-state index in [1.54, 1.807) is 0 Å². The molecule has 0 amide bonds. The van der Waals surface area contributed by atoms with Crippen LogP contribution in [0.25, 0.3) is 0 Å². The van der Waals surface area contributed by atoms with Gasteiger partial charge in [-0.15, -0.1) is 0 Å². The van der Waals surface area contributed by atoms with E-state index in [-0.39, 0.29) is 9.68 Å². The number of hydrogen-bond acceptors (Lipinski definition) is 1. The highest BCUT2D eigenvalue weighted by molar-refractivity contribution is 6.31. The van der Waals surface area contributed by atoms with Crippen molar-refractivity contribution < 1.29 is 0 Å². The summed E-state index contributed by atoms with van der Waals surface area (Å²) in [4.78, 5) is 0. The maximum atomic E-state index is 2.57. The Balaban J connectivity index is 3.07.